The molecule has 0 bridgehead atoms. The minimum absolute atomic E-state index is 0.0459. The van der Waals surface area contributed by atoms with Crippen molar-refractivity contribution >= 4 is 11.8 Å². The summed E-state index contributed by atoms with van der Waals surface area (Å²) < 4.78 is 0. The molecule has 1 rings (SSSR count). The van der Waals surface area contributed by atoms with Gasteiger partial charge in [0.2, 0.25) is 11.8 Å². The van der Waals surface area contributed by atoms with E-state index in [9.17, 15) is 9.59 Å². The topological polar surface area (TPSA) is 75.4 Å². The molecule has 1 fully saturated rings. The zero-order valence-corrected chi connectivity index (χ0v) is 12.9. The lowest BCUT2D eigenvalue weighted by molar-refractivity contribution is -0.146. The van der Waals surface area contributed by atoms with Crippen molar-refractivity contribution in [2.24, 2.45) is 11.1 Å². The monoisotopic (exact) mass is 283 g/mol. The SMILES string of the molecule is CCCCN(CC(N)=O)C(=O)C1(CCC)CCCNC1. The maximum absolute atomic E-state index is 12.9. The van der Waals surface area contributed by atoms with Crippen LogP contribution in [-0.4, -0.2) is 42.9 Å². The minimum atomic E-state index is -0.426. The molecule has 0 aromatic rings. The molecule has 1 saturated heterocycles. The summed E-state index contributed by atoms with van der Waals surface area (Å²) in [5.74, 6) is -0.316. The van der Waals surface area contributed by atoms with Crippen LogP contribution >= 0.6 is 0 Å². The number of rotatable bonds is 8. The van der Waals surface area contributed by atoms with Crippen LogP contribution in [0.1, 0.15) is 52.4 Å². The van der Waals surface area contributed by atoms with Gasteiger partial charge in [0.1, 0.15) is 0 Å². The van der Waals surface area contributed by atoms with Gasteiger partial charge in [-0.1, -0.05) is 26.7 Å². The molecule has 0 aliphatic carbocycles. The summed E-state index contributed by atoms with van der Waals surface area (Å²) in [5.41, 5.74) is 4.96. The van der Waals surface area contributed by atoms with E-state index in [1.807, 2.05) is 0 Å². The van der Waals surface area contributed by atoms with Gasteiger partial charge in [-0.2, -0.15) is 0 Å². The van der Waals surface area contributed by atoms with Crippen LogP contribution < -0.4 is 11.1 Å². The number of nitrogens with zero attached hydrogens (tertiary/aromatic N) is 1. The summed E-state index contributed by atoms with van der Waals surface area (Å²) in [6, 6.07) is 0. The molecule has 0 spiro atoms. The zero-order chi connectivity index (χ0) is 15.0. The van der Waals surface area contributed by atoms with Crippen LogP contribution in [0.4, 0.5) is 0 Å². The van der Waals surface area contributed by atoms with E-state index < -0.39 is 5.91 Å². The average Bonchev–Trinajstić information content (AvgIpc) is 2.43. The Hall–Kier alpha value is -1.10. The first-order valence-electron chi connectivity index (χ1n) is 7.84. The number of piperidine rings is 1. The lowest BCUT2D eigenvalue weighted by Crippen LogP contribution is -2.53. The van der Waals surface area contributed by atoms with Gasteiger partial charge in [-0.15, -0.1) is 0 Å². The summed E-state index contributed by atoms with van der Waals surface area (Å²) in [7, 11) is 0. The molecule has 3 N–H and O–H groups in total. The maximum Gasteiger partial charge on any atom is 0.237 e. The van der Waals surface area contributed by atoms with Crippen LogP contribution in [0.25, 0.3) is 0 Å². The van der Waals surface area contributed by atoms with Crippen LogP contribution in [0, 0.1) is 5.41 Å². The van der Waals surface area contributed by atoms with Gasteiger partial charge in [0.25, 0.3) is 0 Å². The van der Waals surface area contributed by atoms with Gasteiger partial charge in [-0.05, 0) is 32.2 Å². The third-order valence-corrected chi connectivity index (χ3v) is 4.07. The molecular weight excluding hydrogens is 254 g/mol. The number of primary amides is 1. The Balaban J connectivity index is 2.84. The molecular formula is C15H29N3O2. The summed E-state index contributed by atoms with van der Waals surface area (Å²) >= 11 is 0. The van der Waals surface area contributed by atoms with E-state index in [1.54, 1.807) is 4.90 Å². The Kier molecular flexibility index (Phi) is 6.99. The lowest BCUT2D eigenvalue weighted by Gasteiger charge is -2.40. The van der Waals surface area contributed by atoms with Gasteiger partial charge in [-0.25, -0.2) is 0 Å². The predicted molar refractivity (Wildman–Crippen MR) is 80.1 cm³/mol. The fourth-order valence-corrected chi connectivity index (χ4v) is 3.07. The van der Waals surface area contributed by atoms with Gasteiger partial charge in [0, 0.05) is 13.1 Å². The van der Waals surface area contributed by atoms with Gasteiger partial charge in [-0.3, -0.25) is 9.59 Å². The van der Waals surface area contributed by atoms with Crippen molar-refractivity contribution in [3.8, 4) is 0 Å². The third-order valence-electron chi connectivity index (χ3n) is 4.07. The minimum Gasteiger partial charge on any atom is -0.368 e. The fourth-order valence-electron chi connectivity index (χ4n) is 3.07. The first-order valence-corrected chi connectivity index (χ1v) is 7.84. The molecule has 20 heavy (non-hydrogen) atoms. The van der Waals surface area contributed by atoms with Crippen molar-refractivity contribution in [3.05, 3.63) is 0 Å². The summed E-state index contributed by atoms with van der Waals surface area (Å²) in [4.78, 5) is 25.8. The number of unbranched alkanes of at least 4 members (excludes halogenated alkanes) is 1. The molecule has 116 valence electrons. The van der Waals surface area contributed by atoms with E-state index in [0.717, 1.165) is 51.6 Å². The molecule has 0 aromatic carbocycles. The van der Waals surface area contributed by atoms with E-state index in [2.05, 4.69) is 19.2 Å². The number of carbonyl (C=O) groups excluding carboxylic acids is 2. The van der Waals surface area contributed by atoms with Gasteiger partial charge in [0.15, 0.2) is 0 Å². The van der Waals surface area contributed by atoms with E-state index in [4.69, 9.17) is 5.73 Å². The van der Waals surface area contributed by atoms with Gasteiger partial charge < -0.3 is 16.0 Å². The van der Waals surface area contributed by atoms with Crippen LogP contribution in [0.3, 0.4) is 0 Å². The number of hydrogen-bond acceptors (Lipinski definition) is 3. The highest BCUT2D eigenvalue weighted by Crippen LogP contribution is 2.33. The van der Waals surface area contributed by atoms with E-state index >= 15 is 0 Å². The highest BCUT2D eigenvalue weighted by molar-refractivity contribution is 5.87. The summed E-state index contributed by atoms with van der Waals surface area (Å²) in [6.45, 7) is 6.56. The van der Waals surface area contributed by atoms with Crippen molar-refractivity contribution in [3.63, 3.8) is 0 Å². The highest BCUT2D eigenvalue weighted by Gasteiger charge is 2.41. The molecule has 1 aliphatic heterocycles. The zero-order valence-electron chi connectivity index (χ0n) is 12.9. The molecule has 2 amide bonds. The Morgan fingerprint density at radius 2 is 2.05 bits per heavy atom. The van der Waals surface area contributed by atoms with Crippen LogP contribution in [0.15, 0.2) is 0 Å². The largest absolute Gasteiger partial charge is 0.368 e. The Bertz CT molecular complexity index is 320. The molecule has 0 radical (unpaired) electrons. The number of nitrogens with two attached hydrogens (primary N) is 1. The van der Waals surface area contributed by atoms with Gasteiger partial charge in [0.05, 0.1) is 12.0 Å². The molecule has 1 heterocycles. The van der Waals surface area contributed by atoms with Gasteiger partial charge >= 0.3 is 0 Å². The normalized spacial score (nSPS) is 22.5. The Morgan fingerprint density at radius 3 is 2.55 bits per heavy atom. The fraction of sp³-hybridized carbons (Fsp3) is 0.867. The predicted octanol–water partition coefficient (Wildman–Crippen LogP) is 1.27. The Labute approximate surface area is 122 Å². The van der Waals surface area contributed by atoms with E-state index in [1.165, 1.54) is 0 Å². The second kappa shape index (κ2) is 8.25. The van der Waals surface area contributed by atoms with Crippen LogP contribution in [0.5, 0.6) is 0 Å². The second-order valence-corrected chi connectivity index (χ2v) is 5.86. The van der Waals surface area contributed by atoms with Crippen molar-refractivity contribution < 1.29 is 9.59 Å². The quantitative estimate of drug-likeness (QED) is 0.704. The lowest BCUT2D eigenvalue weighted by atomic mass is 9.75. The van der Waals surface area contributed by atoms with Crippen molar-refractivity contribution in [1.29, 1.82) is 0 Å². The summed E-state index contributed by atoms with van der Waals surface area (Å²) in [6.07, 6.45) is 5.69. The molecule has 0 aromatic heterocycles. The first kappa shape index (κ1) is 17.0. The smallest absolute Gasteiger partial charge is 0.237 e. The summed E-state index contributed by atoms with van der Waals surface area (Å²) in [5, 5.41) is 3.34. The molecule has 1 aliphatic rings. The van der Waals surface area contributed by atoms with E-state index in [0.29, 0.717) is 6.54 Å². The number of amides is 2. The average molecular weight is 283 g/mol. The third kappa shape index (κ3) is 4.47. The maximum atomic E-state index is 12.9. The Morgan fingerprint density at radius 1 is 1.30 bits per heavy atom. The molecule has 5 heteroatoms. The number of nitrogens with one attached hydrogen (secondary N) is 1. The molecule has 5 nitrogen and oxygen atoms in total. The molecule has 1 unspecified atom stereocenters. The molecule has 0 saturated carbocycles. The van der Waals surface area contributed by atoms with Crippen molar-refractivity contribution in [2.45, 2.75) is 52.4 Å². The van der Waals surface area contributed by atoms with Crippen LogP contribution in [-0.2, 0) is 9.59 Å². The van der Waals surface area contributed by atoms with Crippen molar-refractivity contribution in [1.82, 2.24) is 10.2 Å². The molecule has 1 atom stereocenters. The highest BCUT2D eigenvalue weighted by atomic mass is 16.2. The first-order chi connectivity index (χ1) is 9.55. The number of carbonyl (C=O) groups is 2. The standard InChI is InChI=1S/C15H29N3O2/c1-3-5-10-18(11-13(16)19)14(20)15(7-4-2)8-6-9-17-12-15/h17H,3-12H2,1-2H3,(H2,16,19). The van der Waals surface area contributed by atoms with Crippen molar-refractivity contribution in [2.75, 3.05) is 26.2 Å². The second-order valence-electron chi connectivity index (χ2n) is 5.86. The number of hydrogen-bond donors (Lipinski definition) is 2. The van der Waals surface area contributed by atoms with Crippen LogP contribution in [0.2, 0.25) is 0 Å². The van der Waals surface area contributed by atoms with E-state index in [-0.39, 0.29) is 17.9 Å².